The van der Waals surface area contributed by atoms with Crippen LogP contribution >= 0.6 is 0 Å². The van der Waals surface area contributed by atoms with Gasteiger partial charge in [-0.1, -0.05) is 24.3 Å². The van der Waals surface area contributed by atoms with E-state index in [1.165, 1.54) is 0 Å². The van der Waals surface area contributed by atoms with Crippen molar-refractivity contribution >= 4 is 0 Å². The molecule has 0 aromatic heterocycles. The lowest BCUT2D eigenvalue weighted by molar-refractivity contribution is 1.04. The Balaban J connectivity index is 2.65. The molecule has 1 aliphatic carbocycles. The summed E-state index contributed by atoms with van der Waals surface area (Å²) < 4.78 is 14.2. The summed E-state index contributed by atoms with van der Waals surface area (Å²) in [4.78, 5) is 0. The molecule has 0 amide bonds. The molecule has 0 aliphatic heterocycles. The van der Waals surface area contributed by atoms with Crippen molar-refractivity contribution in [1.29, 1.82) is 0 Å². The van der Waals surface area contributed by atoms with E-state index < -0.39 is 0 Å². The Morgan fingerprint density at radius 3 is 2.00 bits per heavy atom. The highest BCUT2D eigenvalue weighted by Crippen LogP contribution is 1.98. The van der Waals surface area contributed by atoms with Gasteiger partial charge in [0.1, 0.15) is 0 Å². The van der Waals surface area contributed by atoms with Crippen LogP contribution in [-0.2, 0) is 0 Å². The van der Waals surface area contributed by atoms with E-state index >= 15 is 0 Å². The van der Waals surface area contributed by atoms with E-state index in [2.05, 4.69) is 0 Å². The van der Waals surface area contributed by atoms with Crippen LogP contribution in [0.5, 0.6) is 0 Å². The van der Waals surface area contributed by atoms with E-state index in [0.29, 0.717) is 12.1 Å². The minimum atomic E-state index is 0.640. The normalized spacial score (nSPS) is 26.7. The molecule has 1 aliphatic rings. The zero-order valence-electron chi connectivity index (χ0n) is 5.57. The lowest BCUT2D eigenvalue weighted by atomic mass is 10.2. The summed E-state index contributed by atoms with van der Waals surface area (Å²) in [7, 11) is 0. The molecule has 0 saturated carbocycles. The summed E-state index contributed by atoms with van der Waals surface area (Å²) in [5, 5.41) is 0. The predicted molar refractivity (Wildman–Crippen MR) is 27.5 cm³/mol. The molecule has 0 aromatic carbocycles. The monoisotopic (exact) mass is 82.1 g/mol. The maximum absolute atomic E-state index is 7.10. The van der Waals surface area contributed by atoms with Gasteiger partial charge in [0.15, 0.2) is 0 Å². The van der Waals surface area contributed by atoms with Gasteiger partial charge in [-0.25, -0.2) is 0 Å². The third-order valence-corrected chi connectivity index (χ3v) is 0.733. The quantitative estimate of drug-likeness (QED) is 0.418. The van der Waals surface area contributed by atoms with Crippen LogP contribution in [0.3, 0.4) is 0 Å². The fourth-order valence-corrected chi connectivity index (χ4v) is 0.429. The van der Waals surface area contributed by atoms with E-state index in [4.69, 9.17) is 2.74 Å². The van der Waals surface area contributed by atoms with E-state index in [-0.39, 0.29) is 0 Å². The Morgan fingerprint density at radius 2 is 1.67 bits per heavy atom. The van der Waals surface area contributed by atoms with E-state index in [1.54, 1.807) is 12.2 Å². The summed E-state index contributed by atoms with van der Waals surface area (Å²) >= 11 is 0. The maximum Gasteiger partial charge on any atom is 0.0576 e. The SMILES string of the molecule is [2H]C1=CC=C([2H])CC1. The molecule has 32 valence electrons. The number of hydrogen-bond donors (Lipinski definition) is 0. The average Bonchev–Trinajstić information content (AvgIpc) is 1.77. The van der Waals surface area contributed by atoms with Gasteiger partial charge in [-0.2, -0.15) is 0 Å². The lowest BCUT2D eigenvalue weighted by Gasteiger charge is -1.88. The first kappa shape index (κ1) is 1.97. The van der Waals surface area contributed by atoms with Crippen LogP contribution in [0, 0.1) is 0 Å². The molecular formula is C6H8. The molecule has 6 heavy (non-hydrogen) atoms. The summed E-state index contributed by atoms with van der Waals surface area (Å²) in [5.41, 5.74) is 0. The van der Waals surface area contributed by atoms with E-state index in [0.717, 1.165) is 12.8 Å². The molecule has 0 fully saturated rings. The van der Waals surface area contributed by atoms with Crippen LogP contribution in [0.15, 0.2) is 24.3 Å². The molecule has 0 radical (unpaired) electrons. The summed E-state index contributed by atoms with van der Waals surface area (Å²) in [6, 6.07) is 1.28. The van der Waals surface area contributed by atoms with Gasteiger partial charge in [0.25, 0.3) is 0 Å². The minimum absolute atomic E-state index is 0.640. The predicted octanol–water partition coefficient (Wildman–Crippen LogP) is 1.89. The highest BCUT2D eigenvalue weighted by molar-refractivity contribution is 5.07. The van der Waals surface area contributed by atoms with Crippen molar-refractivity contribution in [2.45, 2.75) is 12.8 Å². The Bertz CT molecular complexity index is 127. The standard InChI is InChI=1S/C6H8/c1-2-4-6-5-3-1/h1-4H,5-6H2/i3D,4D. The zero-order valence-corrected chi connectivity index (χ0v) is 3.57. The minimum Gasteiger partial charge on any atom is -0.0842 e. The summed E-state index contributed by atoms with van der Waals surface area (Å²) in [6.07, 6.45) is 4.86. The Kier molecular flexibility index (Phi) is 0.592. The molecule has 0 heterocycles. The topological polar surface area (TPSA) is 0 Å². The molecule has 0 unspecified atom stereocenters. The maximum atomic E-state index is 7.10. The zero-order chi connectivity index (χ0) is 5.98. The third kappa shape index (κ3) is 0.713. The van der Waals surface area contributed by atoms with Crippen LogP contribution in [0.4, 0.5) is 0 Å². The van der Waals surface area contributed by atoms with Gasteiger partial charge >= 0.3 is 0 Å². The molecular weight excluding hydrogens is 72.1 g/mol. The second-order valence-corrected chi connectivity index (χ2v) is 1.24. The van der Waals surface area contributed by atoms with Gasteiger partial charge in [0.05, 0.1) is 2.74 Å². The van der Waals surface area contributed by atoms with E-state index in [9.17, 15) is 0 Å². The van der Waals surface area contributed by atoms with Gasteiger partial charge in [0.2, 0.25) is 0 Å². The second kappa shape index (κ2) is 1.81. The van der Waals surface area contributed by atoms with Gasteiger partial charge in [-0.05, 0) is 12.8 Å². The number of rotatable bonds is 0. The van der Waals surface area contributed by atoms with Crippen molar-refractivity contribution in [2.75, 3.05) is 0 Å². The van der Waals surface area contributed by atoms with Gasteiger partial charge < -0.3 is 0 Å². The molecule has 0 spiro atoms. The lowest BCUT2D eigenvalue weighted by Crippen LogP contribution is -1.67. The molecule has 0 heteroatoms. The van der Waals surface area contributed by atoms with Crippen molar-refractivity contribution in [3.05, 3.63) is 24.3 Å². The number of hydrogen-bond acceptors (Lipinski definition) is 0. The first-order valence-electron chi connectivity index (χ1n) is 3.12. The molecule has 0 bridgehead atoms. The van der Waals surface area contributed by atoms with Crippen LogP contribution < -0.4 is 0 Å². The van der Waals surface area contributed by atoms with E-state index in [1.807, 2.05) is 0 Å². The number of allylic oxidation sites excluding steroid dienone is 4. The Labute approximate surface area is 41.0 Å². The van der Waals surface area contributed by atoms with Crippen molar-refractivity contribution in [2.24, 2.45) is 0 Å². The molecule has 1 rings (SSSR count). The average molecular weight is 82.1 g/mol. The summed E-state index contributed by atoms with van der Waals surface area (Å²) in [5.74, 6) is 0. The Morgan fingerprint density at radius 1 is 1.17 bits per heavy atom. The first-order chi connectivity index (χ1) is 3.79. The smallest absolute Gasteiger partial charge is 0.0576 e. The molecule has 0 N–H and O–H groups in total. The van der Waals surface area contributed by atoms with Gasteiger partial charge in [-0.15, -0.1) is 0 Å². The van der Waals surface area contributed by atoms with Crippen LogP contribution in [0.1, 0.15) is 15.6 Å². The van der Waals surface area contributed by atoms with Gasteiger partial charge in [-0.3, -0.25) is 0 Å². The molecule has 0 aromatic rings. The highest BCUT2D eigenvalue weighted by Gasteiger charge is 1.77. The van der Waals surface area contributed by atoms with Crippen molar-refractivity contribution in [3.63, 3.8) is 0 Å². The van der Waals surface area contributed by atoms with Gasteiger partial charge in [0, 0.05) is 0 Å². The first-order valence-corrected chi connectivity index (χ1v) is 2.12. The second-order valence-electron chi connectivity index (χ2n) is 1.24. The van der Waals surface area contributed by atoms with Crippen LogP contribution in [-0.4, -0.2) is 0 Å². The van der Waals surface area contributed by atoms with Crippen molar-refractivity contribution in [1.82, 2.24) is 0 Å². The molecule has 0 saturated heterocycles. The fraction of sp³-hybridized carbons (Fsp3) is 0.333. The summed E-state index contributed by atoms with van der Waals surface area (Å²) in [6.45, 7) is 0. The largest absolute Gasteiger partial charge is 0.0842 e. The van der Waals surface area contributed by atoms with Crippen LogP contribution in [0.25, 0.3) is 0 Å². The Hall–Kier alpha value is -0.520. The molecule has 0 atom stereocenters. The molecule has 0 nitrogen and oxygen atoms in total. The highest BCUT2D eigenvalue weighted by atomic mass is 13.8. The third-order valence-electron chi connectivity index (χ3n) is 0.733. The van der Waals surface area contributed by atoms with Crippen molar-refractivity contribution in [3.8, 4) is 0 Å². The van der Waals surface area contributed by atoms with Crippen molar-refractivity contribution < 1.29 is 2.74 Å². The van der Waals surface area contributed by atoms with Crippen LogP contribution in [0.2, 0.25) is 0 Å². The fourth-order valence-electron chi connectivity index (χ4n) is 0.429.